The molecule has 0 spiro atoms. The number of nitrogens with one attached hydrogen (secondary N) is 2. The van der Waals surface area contributed by atoms with Crippen molar-refractivity contribution in [1.82, 2.24) is 5.16 Å². The van der Waals surface area contributed by atoms with Crippen LogP contribution in [-0.4, -0.2) is 22.0 Å². The molecule has 8 nitrogen and oxygen atoms in total. The number of hydrogen-bond acceptors (Lipinski definition) is 6. The monoisotopic (exact) mass is 433 g/mol. The lowest BCUT2D eigenvalue weighted by molar-refractivity contribution is 0.430. The average Bonchev–Trinajstić information content (AvgIpc) is 2.99. The van der Waals surface area contributed by atoms with E-state index in [0.29, 0.717) is 11.3 Å². The Balaban J connectivity index is 1.72. The molecule has 3 aromatic rings. The van der Waals surface area contributed by atoms with Gasteiger partial charge in [-0.1, -0.05) is 35.5 Å². The van der Waals surface area contributed by atoms with Gasteiger partial charge >= 0.3 is 0 Å². The second-order valence-electron chi connectivity index (χ2n) is 6.21. The molecule has 1 heterocycles. The van der Waals surface area contributed by atoms with E-state index in [9.17, 15) is 16.8 Å². The number of sulfonamides is 2. The summed E-state index contributed by atoms with van der Waals surface area (Å²) < 4.78 is 59.0. The fourth-order valence-electron chi connectivity index (χ4n) is 2.32. The van der Waals surface area contributed by atoms with E-state index in [1.165, 1.54) is 30.3 Å². The second kappa shape index (κ2) is 8.10. The van der Waals surface area contributed by atoms with Crippen LogP contribution in [0.2, 0.25) is 0 Å². The summed E-state index contributed by atoms with van der Waals surface area (Å²) in [6.07, 6.45) is 1.47. The van der Waals surface area contributed by atoms with E-state index in [4.69, 9.17) is 4.52 Å². The standard InChI is InChI=1S/C19H19N3O5S2/c1-14-15(2)20-27-19(14)22-29(25,26)18-10-8-17(9-11-18)21-28(23,24)13-12-16-6-4-3-5-7-16/h3-13,21-22H,1-2H3/b13-12+. The molecule has 0 atom stereocenters. The highest BCUT2D eigenvalue weighted by Gasteiger charge is 2.19. The van der Waals surface area contributed by atoms with Gasteiger partial charge in [0.15, 0.2) is 0 Å². The zero-order valence-corrected chi connectivity index (χ0v) is 17.3. The van der Waals surface area contributed by atoms with Crippen molar-refractivity contribution in [3.8, 4) is 0 Å². The summed E-state index contributed by atoms with van der Waals surface area (Å²) in [4.78, 5) is -0.0475. The second-order valence-corrected chi connectivity index (χ2v) is 9.46. The Hall–Kier alpha value is -3.11. The van der Waals surface area contributed by atoms with Gasteiger partial charge in [0.2, 0.25) is 5.88 Å². The Bertz CT molecular complexity index is 1230. The van der Waals surface area contributed by atoms with Crippen LogP contribution in [-0.2, 0) is 20.0 Å². The Morgan fingerprint density at radius 2 is 1.55 bits per heavy atom. The van der Waals surface area contributed by atoms with E-state index >= 15 is 0 Å². The normalized spacial score (nSPS) is 12.2. The van der Waals surface area contributed by atoms with Crippen LogP contribution in [0.4, 0.5) is 11.6 Å². The first-order chi connectivity index (χ1) is 13.7. The maximum atomic E-state index is 12.5. The Kier molecular flexibility index (Phi) is 5.76. The molecule has 2 aromatic carbocycles. The largest absolute Gasteiger partial charge is 0.337 e. The summed E-state index contributed by atoms with van der Waals surface area (Å²) >= 11 is 0. The van der Waals surface area contributed by atoms with Crippen molar-refractivity contribution in [3.63, 3.8) is 0 Å². The van der Waals surface area contributed by atoms with Crippen molar-refractivity contribution in [1.29, 1.82) is 0 Å². The summed E-state index contributed by atoms with van der Waals surface area (Å²) in [5.41, 5.74) is 2.14. The molecule has 0 aliphatic heterocycles. The molecule has 1 aromatic heterocycles. The third-order valence-corrected chi connectivity index (χ3v) is 6.41. The van der Waals surface area contributed by atoms with E-state index in [1.807, 2.05) is 6.07 Å². The third kappa shape index (κ3) is 5.24. The molecule has 152 valence electrons. The molecule has 0 unspecified atom stereocenters. The molecular weight excluding hydrogens is 414 g/mol. The van der Waals surface area contributed by atoms with Gasteiger partial charge in [0, 0.05) is 11.3 Å². The molecule has 0 radical (unpaired) electrons. The summed E-state index contributed by atoms with van der Waals surface area (Å²) in [6.45, 7) is 3.38. The Morgan fingerprint density at radius 3 is 2.14 bits per heavy atom. The van der Waals surface area contributed by atoms with Gasteiger partial charge in [-0.25, -0.2) is 21.6 Å². The Labute approximate surface area is 169 Å². The van der Waals surface area contributed by atoms with Gasteiger partial charge in [-0.2, -0.15) is 0 Å². The van der Waals surface area contributed by atoms with Crippen LogP contribution in [0, 0.1) is 13.8 Å². The minimum Gasteiger partial charge on any atom is -0.337 e. The first-order valence-corrected chi connectivity index (χ1v) is 11.5. The van der Waals surface area contributed by atoms with Gasteiger partial charge < -0.3 is 4.52 Å². The van der Waals surface area contributed by atoms with Crippen molar-refractivity contribution in [2.75, 3.05) is 9.44 Å². The number of aryl methyl sites for hydroxylation is 1. The van der Waals surface area contributed by atoms with Gasteiger partial charge in [0.05, 0.1) is 16.0 Å². The van der Waals surface area contributed by atoms with Crippen LogP contribution in [0.25, 0.3) is 6.08 Å². The number of hydrogen-bond donors (Lipinski definition) is 2. The predicted molar refractivity (Wildman–Crippen MR) is 111 cm³/mol. The third-order valence-electron chi connectivity index (χ3n) is 4.05. The molecular formula is C19H19N3O5S2. The van der Waals surface area contributed by atoms with Crippen LogP contribution in [0.15, 0.2) is 69.4 Å². The predicted octanol–water partition coefficient (Wildman–Crippen LogP) is 3.50. The van der Waals surface area contributed by atoms with Gasteiger partial charge in [0.1, 0.15) is 0 Å². The fraction of sp³-hybridized carbons (Fsp3) is 0.105. The zero-order chi connectivity index (χ0) is 21.1. The molecule has 0 amide bonds. The van der Waals surface area contributed by atoms with E-state index in [-0.39, 0.29) is 16.5 Å². The maximum Gasteiger partial charge on any atom is 0.264 e. The quantitative estimate of drug-likeness (QED) is 0.589. The number of aromatic nitrogens is 1. The van der Waals surface area contributed by atoms with E-state index < -0.39 is 20.0 Å². The van der Waals surface area contributed by atoms with Crippen molar-refractivity contribution in [2.45, 2.75) is 18.7 Å². The fourth-order valence-corrected chi connectivity index (χ4v) is 4.24. The van der Waals surface area contributed by atoms with E-state index in [0.717, 1.165) is 11.0 Å². The van der Waals surface area contributed by atoms with E-state index in [2.05, 4.69) is 14.6 Å². The molecule has 3 rings (SSSR count). The molecule has 0 bridgehead atoms. The minimum absolute atomic E-state index is 0.0401. The minimum atomic E-state index is -3.90. The van der Waals surface area contributed by atoms with Crippen molar-refractivity contribution in [2.24, 2.45) is 0 Å². The molecule has 2 N–H and O–H groups in total. The van der Waals surface area contributed by atoms with Gasteiger partial charge in [-0.05, 0) is 49.8 Å². The molecule has 0 saturated heterocycles. The lowest BCUT2D eigenvalue weighted by Gasteiger charge is -2.08. The van der Waals surface area contributed by atoms with Crippen molar-refractivity contribution in [3.05, 3.63) is 76.8 Å². The molecule has 0 aliphatic rings. The van der Waals surface area contributed by atoms with Gasteiger partial charge in [0.25, 0.3) is 20.0 Å². The summed E-state index contributed by atoms with van der Waals surface area (Å²) in [5.74, 6) is 0.0401. The molecule has 0 fully saturated rings. The van der Waals surface area contributed by atoms with Gasteiger partial charge in [-0.15, -0.1) is 0 Å². The maximum absolute atomic E-state index is 12.5. The van der Waals surface area contributed by atoms with Crippen molar-refractivity contribution >= 4 is 37.7 Å². The number of benzene rings is 2. The first kappa shape index (κ1) is 20.6. The Morgan fingerprint density at radius 1 is 0.897 bits per heavy atom. The van der Waals surface area contributed by atoms with Crippen LogP contribution in [0.3, 0.4) is 0 Å². The summed E-state index contributed by atoms with van der Waals surface area (Å²) in [6, 6.07) is 14.3. The number of nitrogens with zero attached hydrogens (tertiary/aromatic N) is 1. The summed E-state index contributed by atoms with van der Waals surface area (Å²) in [7, 11) is -7.66. The topological polar surface area (TPSA) is 118 Å². The highest BCUT2D eigenvalue weighted by atomic mass is 32.2. The van der Waals surface area contributed by atoms with Crippen LogP contribution in [0.5, 0.6) is 0 Å². The van der Waals surface area contributed by atoms with Crippen molar-refractivity contribution < 1.29 is 21.4 Å². The lowest BCUT2D eigenvalue weighted by atomic mass is 10.2. The molecule has 10 heteroatoms. The van der Waals surface area contributed by atoms with Crippen LogP contribution >= 0.6 is 0 Å². The van der Waals surface area contributed by atoms with E-state index in [1.54, 1.807) is 38.1 Å². The highest BCUT2D eigenvalue weighted by Crippen LogP contribution is 2.23. The number of rotatable bonds is 7. The van der Waals surface area contributed by atoms with Crippen LogP contribution < -0.4 is 9.44 Å². The molecule has 29 heavy (non-hydrogen) atoms. The van der Waals surface area contributed by atoms with Crippen LogP contribution in [0.1, 0.15) is 16.8 Å². The average molecular weight is 434 g/mol. The first-order valence-electron chi connectivity index (χ1n) is 8.48. The molecule has 0 saturated carbocycles. The zero-order valence-electron chi connectivity index (χ0n) is 15.7. The highest BCUT2D eigenvalue weighted by molar-refractivity contribution is 7.95. The lowest BCUT2D eigenvalue weighted by Crippen LogP contribution is -2.13. The number of anilines is 2. The smallest absolute Gasteiger partial charge is 0.264 e. The summed E-state index contributed by atoms with van der Waals surface area (Å²) in [5, 5.41) is 4.75. The SMILES string of the molecule is Cc1noc(NS(=O)(=O)c2ccc(NS(=O)(=O)/C=C/c3ccccc3)cc2)c1C. The van der Waals surface area contributed by atoms with Gasteiger partial charge in [-0.3, -0.25) is 4.72 Å². The molecule has 0 aliphatic carbocycles.